The molecule has 0 radical (unpaired) electrons. The number of nitrogens with one attached hydrogen (secondary N) is 1. The summed E-state index contributed by atoms with van der Waals surface area (Å²) < 4.78 is 5.65. The van der Waals surface area contributed by atoms with E-state index in [0.29, 0.717) is 5.91 Å². The molecule has 1 amide bonds. The van der Waals surface area contributed by atoms with Crippen molar-refractivity contribution in [2.45, 2.75) is 39.4 Å². The molecular formula is C12H22N2O2. The van der Waals surface area contributed by atoms with Crippen molar-refractivity contribution in [3.05, 3.63) is 0 Å². The van der Waals surface area contributed by atoms with Crippen LogP contribution in [0.3, 0.4) is 0 Å². The van der Waals surface area contributed by atoms with E-state index in [1.807, 2.05) is 18.7 Å². The van der Waals surface area contributed by atoms with E-state index in [1.54, 1.807) is 0 Å². The zero-order valence-electron chi connectivity index (χ0n) is 10.5. The highest BCUT2D eigenvalue weighted by Crippen LogP contribution is 2.28. The van der Waals surface area contributed by atoms with Gasteiger partial charge in [0.15, 0.2) is 0 Å². The molecule has 2 saturated heterocycles. The number of amides is 1. The summed E-state index contributed by atoms with van der Waals surface area (Å²) in [6.45, 7) is 9.37. The van der Waals surface area contributed by atoms with E-state index in [4.69, 9.17) is 4.74 Å². The van der Waals surface area contributed by atoms with Crippen LogP contribution in [-0.4, -0.2) is 49.2 Å². The number of carbonyl (C=O) groups excluding carboxylic acids is 1. The molecule has 2 fully saturated rings. The maximum Gasteiger partial charge on any atom is 0.230 e. The smallest absolute Gasteiger partial charge is 0.230 e. The second kappa shape index (κ2) is 4.34. The lowest BCUT2D eigenvalue weighted by atomic mass is 9.87. The maximum atomic E-state index is 12.4. The number of ether oxygens (including phenoxy) is 1. The zero-order chi connectivity index (χ0) is 11.8. The molecule has 0 aromatic heterocycles. The minimum absolute atomic E-state index is 0.158. The third-order valence-electron chi connectivity index (χ3n) is 3.59. The van der Waals surface area contributed by atoms with Crippen LogP contribution in [0.2, 0.25) is 0 Å². The molecule has 3 unspecified atom stereocenters. The molecule has 0 aliphatic carbocycles. The Hall–Kier alpha value is -0.610. The summed E-state index contributed by atoms with van der Waals surface area (Å²) in [4.78, 5) is 14.4. The van der Waals surface area contributed by atoms with E-state index < -0.39 is 0 Å². The van der Waals surface area contributed by atoms with Gasteiger partial charge in [-0.05, 0) is 33.7 Å². The number of nitrogens with zero attached hydrogens (tertiary/aromatic N) is 1. The lowest BCUT2D eigenvalue weighted by Gasteiger charge is -2.39. The van der Waals surface area contributed by atoms with Gasteiger partial charge in [0.2, 0.25) is 5.91 Å². The normalized spacial score (nSPS) is 40.1. The van der Waals surface area contributed by atoms with Gasteiger partial charge in [0.25, 0.3) is 0 Å². The second-order valence-electron chi connectivity index (χ2n) is 5.45. The molecule has 4 heteroatoms. The van der Waals surface area contributed by atoms with Crippen LogP contribution in [0.25, 0.3) is 0 Å². The average molecular weight is 226 g/mol. The van der Waals surface area contributed by atoms with Crippen LogP contribution in [0.1, 0.15) is 27.2 Å². The summed E-state index contributed by atoms with van der Waals surface area (Å²) in [6, 6.07) is 0. The summed E-state index contributed by atoms with van der Waals surface area (Å²) in [6.07, 6.45) is 1.27. The minimum atomic E-state index is -0.198. The van der Waals surface area contributed by atoms with Crippen molar-refractivity contribution in [3.63, 3.8) is 0 Å². The van der Waals surface area contributed by atoms with E-state index >= 15 is 0 Å². The molecule has 92 valence electrons. The fourth-order valence-electron chi connectivity index (χ4n) is 2.72. The molecule has 2 aliphatic heterocycles. The largest absolute Gasteiger partial charge is 0.372 e. The summed E-state index contributed by atoms with van der Waals surface area (Å²) in [5.74, 6) is 0.291. The molecule has 0 aromatic carbocycles. The Kier molecular flexibility index (Phi) is 3.22. The summed E-state index contributed by atoms with van der Waals surface area (Å²) in [5, 5.41) is 3.28. The van der Waals surface area contributed by atoms with Crippen LogP contribution in [0.5, 0.6) is 0 Å². The monoisotopic (exact) mass is 226 g/mol. The first-order valence-corrected chi connectivity index (χ1v) is 6.17. The molecule has 0 aromatic rings. The molecule has 2 rings (SSSR count). The van der Waals surface area contributed by atoms with Gasteiger partial charge >= 0.3 is 0 Å². The molecule has 0 spiro atoms. The quantitative estimate of drug-likeness (QED) is 0.713. The van der Waals surface area contributed by atoms with Crippen LogP contribution in [0.4, 0.5) is 0 Å². The van der Waals surface area contributed by atoms with Gasteiger partial charge in [-0.3, -0.25) is 4.79 Å². The molecule has 16 heavy (non-hydrogen) atoms. The van der Waals surface area contributed by atoms with Crippen molar-refractivity contribution < 1.29 is 9.53 Å². The van der Waals surface area contributed by atoms with Gasteiger partial charge in [-0.2, -0.15) is 0 Å². The van der Waals surface area contributed by atoms with Crippen molar-refractivity contribution in [2.24, 2.45) is 5.41 Å². The van der Waals surface area contributed by atoms with E-state index in [-0.39, 0.29) is 17.6 Å². The van der Waals surface area contributed by atoms with Crippen LogP contribution in [0, 0.1) is 5.41 Å². The fourth-order valence-corrected chi connectivity index (χ4v) is 2.72. The summed E-state index contributed by atoms with van der Waals surface area (Å²) >= 11 is 0. The van der Waals surface area contributed by atoms with E-state index in [0.717, 1.165) is 32.6 Å². The minimum Gasteiger partial charge on any atom is -0.372 e. The first-order chi connectivity index (χ1) is 7.51. The lowest BCUT2D eigenvalue weighted by Crippen LogP contribution is -2.53. The van der Waals surface area contributed by atoms with Crippen LogP contribution in [-0.2, 0) is 9.53 Å². The topological polar surface area (TPSA) is 41.6 Å². The molecule has 0 saturated carbocycles. The van der Waals surface area contributed by atoms with Crippen molar-refractivity contribution in [2.75, 3.05) is 26.2 Å². The number of morpholine rings is 1. The van der Waals surface area contributed by atoms with Crippen molar-refractivity contribution in [1.82, 2.24) is 10.2 Å². The van der Waals surface area contributed by atoms with Crippen LogP contribution >= 0.6 is 0 Å². The number of hydrogen-bond acceptors (Lipinski definition) is 3. The van der Waals surface area contributed by atoms with Crippen LogP contribution in [0.15, 0.2) is 0 Å². The predicted molar refractivity (Wildman–Crippen MR) is 62.2 cm³/mol. The molecular weight excluding hydrogens is 204 g/mol. The van der Waals surface area contributed by atoms with E-state index in [2.05, 4.69) is 12.2 Å². The predicted octanol–water partition coefficient (Wildman–Crippen LogP) is 0.622. The van der Waals surface area contributed by atoms with E-state index in [1.165, 1.54) is 0 Å². The standard InChI is InChI=1S/C12H22N2O2/c1-9-6-14(7-10(2)16-9)11(15)12(3)4-5-13-8-12/h9-10,13H,4-8H2,1-3H3. The average Bonchev–Trinajstić information content (AvgIpc) is 2.64. The molecule has 0 bridgehead atoms. The Morgan fingerprint density at radius 2 is 2.00 bits per heavy atom. The van der Waals surface area contributed by atoms with Crippen molar-refractivity contribution in [3.8, 4) is 0 Å². The molecule has 1 N–H and O–H groups in total. The van der Waals surface area contributed by atoms with Gasteiger partial charge in [0.1, 0.15) is 0 Å². The Morgan fingerprint density at radius 3 is 2.50 bits per heavy atom. The van der Waals surface area contributed by atoms with Crippen LogP contribution < -0.4 is 5.32 Å². The van der Waals surface area contributed by atoms with Crippen molar-refractivity contribution >= 4 is 5.91 Å². The highest BCUT2D eigenvalue weighted by molar-refractivity contribution is 5.83. The fraction of sp³-hybridized carbons (Fsp3) is 0.917. The summed E-state index contributed by atoms with van der Waals surface area (Å²) in [7, 11) is 0. The van der Waals surface area contributed by atoms with E-state index in [9.17, 15) is 4.79 Å². The summed E-state index contributed by atoms with van der Waals surface area (Å²) in [5.41, 5.74) is -0.198. The van der Waals surface area contributed by atoms with Gasteiger partial charge < -0.3 is 15.0 Å². The Morgan fingerprint density at radius 1 is 1.38 bits per heavy atom. The molecule has 2 heterocycles. The zero-order valence-corrected chi connectivity index (χ0v) is 10.5. The Labute approximate surface area is 97.3 Å². The van der Waals surface area contributed by atoms with Gasteiger partial charge in [0.05, 0.1) is 17.6 Å². The highest BCUT2D eigenvalue weighted by Gasteiger charge is 2.40. The molecule has 4 nitrogen and oxygen atoms in total. The number of rotatable bonds is 1. The first kappa shape index (κ1) is 11.9. The second-order valence-corrected chi connectivity index (χ2v) is 5.45. The SMILES string of the molecule is CC1CN(C(=O)C2(C)CCNC2)CC(C)O1. The lowest BCUT2D eigenvalue weighted by molar-refractivity contribution is -0.152. The number of carbonyl (C=O) groups is 1. The van der Waals surface area contributed by atoms with Gasteiger partial charge in [0, 0.05) is 19.6 Å². The third kappa shape index (κ3) is 2.23. The maximum absolute atomic E-state index is 12.4. The van der Waals surface area contributed by atoms with Gasteiger partial charge in [-0.15, -0.1) is 0 Å². The van der Waals surface area contributed by atoms with Crippen molar-refractivity contribution in [1.29, 1.82) is 0 Å². The Bertz CT molecular complexity index is 264. The Balaban J connectivity index is 2.03. The highest BCUT2D eigenvalue weighted by atomic mass is 16.5. The number of hydrogen-bond donors (Lipinski definition) is 1. The molecule has 3 atom stereocenters. The van der Waals surface area contributed by atoms with Gasteiger partial charge in [-0.25, -0.2) is 0 Å². The van der Waals surface area contributed by atoms with Gasteiger partial charge in [-0.1, -0.05) is 0 Å². The first-order valence-electron chi connectivity index (χ1n) is 6.17. The third-order valence-corrected chi connectivity index (χ3v) is 3.59. The molecule has 2 aliphatic rings.